The fraction of sp³-hybridized carbons (Fsp3) is 0.588. The lowest BCUT2D eigenvalue weighted by Gasteiger charge is -2.24. The van der Waals surface area contributed by atoms with Gasteiger partial charge in [0.1, 0.15) is 0 Å². The second kappa shape index (κ2) is 6.77. The molecule has 0 amide bonds. The summed E-state index contributed by atoms with van der Waals surface area (Å²) in [7, 11) is 0. The number of hydrogen-bond acceptors (Lipinski definition) is 3. The van der Waals surface area contributed by atoms with Crippen molar-refractivity contribution in [2.24, 2.45) is 5.92 Å². The minimum atomic E-state index is 0.0728. The van der Waals surface area contributed by atoms with Crippen LogP contribution >= 0.6 is 11.8 Å². The number of thioether (sulfide) groups is 1. The monoisotopic (exact) mass is 291 g/mol. The molecule has 0 aliphatic carbocycles. The van der Waals surface area contributed by atoms with E-state index in [9.17, 15) is 4.79 Å². The number of nitrogens with zero attached hydrogens (tertiary/aromatic N) is 1. The molecule has 1 aromatic carbocycles. The van der Waals surface area contributed by atoms with Crippen LogP contribution in [0.5, 0.6) is 0 Å². The Balaban J connectivity index is 1.91. The van der Waals surface area contributed by atoms with Crippen LogP contribution in [0.3, 0.4) is 0 Å². The van der Waals surface area contributed by atoms with E-state index in [0.717, 1.165) is 25.2 Å². The van der Waals surface area contributed by atoms with Crippen molar-refractivity contribution in [2.45, 2.75) is 31.9 Å². The number of ketones is 1. The smallest absolute Gasteiger partial charge is 0.166 e. The van der Waals surface area contributed by atoms with Gasteiger partial charge < -0.3 is 4.90 Å². The van der Waals surface area contributed by atoms with Gasteiger partial charge in [0, 0.05) is 35.1 Å². The average Bonchev–Trinajstić information content (AvgIpc) is 2.60. The lowest BCUT2D eigenvalue weighted by atomic mass is 9.98. The number of rotatable bonds is 4. The molecule has 1 aliphatic rings. The first-order valence-corrected chi connectivity index (χ1v) is 8.42. The van der Waals surface area contributed by atoms with Crippen molar-refractivity contribution in [3.63, 3.8) is 0 Å². The van der Waals surface area contributed by atoms with Gasteiger partial charge in [0.15, 0.2) is 5.78 Å². The van der Waals surface area contributed by atoms with E-state index in [1.165, 1.54) is 12.2 Å². The van der Waals surface area contributed by atoms with E-state index in [2.05, 4.69) is 37.4 Å². The molecule has 1 saturated heterocycles. The zero-order valence-electron chi connectivity index (χ0n) is 12.8. The molecule has 1 fully saturated rings. The van der Waals surface area contributed by atoms with Crippen LogP contribution in [0, 0.1) is 5.92 Å². The van der Waals surface area contributed by atoms with Gasteiger partial charge in [0.2, 0.25) is 0 Å². The molecule has 2 nitrogen and oxygen atoms in total. The Morgan fingerprint density at radius 2 is 2.00 bits per heavy atom. The van der Waals surface area contributed by atoms with Crippen LogP contribution in [0.15, 0.2) is 30.3 Å². The molecule has 0 radical (unpaired) electrons. The molecular weight excluding hydrogens is 266 g/mol. The molecule has 1 atom stereocenters. The Labute approximate surface area is 126 Å². The van der Waals surface area contributed by atoms with Crippen LogP contribution in [-0.2, 0) is 0 Å². The SMILES string of the molecule is CC(CN1CCSC(C)(C)CC1)C(=O)c1ccccc1. The zero-order valence-corrected chi connectivity index (χ0v) is 13.6. The van der Waals surface area contributed by atoms with Crippen LogP contribution in [-0.4, -0.2) is 40.8 Å². The summed E-state index contributed by atoms with van der Waals surface area (Å²) in [5, 5.41) is 0. The highest BCUT2D eigenvalue weighted by atomic mass is 32.2. The van der Waals surface area contributed by atoms with Gasteiger partial charge >= 0.3 is 0 Å². The normalized spacial score (nSPS) is 21.1. The predicted molar refractivity (Wildman–Crippen MR) is 87.5 cm³/mol. The Morgan fingerprint density at radius 1 is 1.30 bits per heavy atom. The van der Waals surface area contributed by atoms with Crippen molar-refractivity contribution in [3.05, 3.63) is 35.9 Å². The average molecular weight is 291 g/mol. The molecule has 0 saturated carbocycles. The maximum absolute atomic E-state index is 12.4. The van der Waals surface area contributed by atoms with Crippen molar-refractivity contribution in [3.8, 4) is 0 Å². The third-order valence-electron chi connectivity index (χ3n) is 3.97. The molecule has 0 spiro atoms. The highest BCUT2D eigenvalue weighted by Gasteiger charge is 2.25. The number of Topliss-reactive ketones (excluding diaryl/α,β-unsaturated/α-hetero) is 1. The fourth-order valence-electron chi connectivity index (χ4n) is 2.60. The number of carbonyl (C=O) groups is 1. The summed E-state index contributed by atoms with van der Waals surface area (Å²) in [5.74, 6) is 1.50. The van der Waals surface area contributed by atoms with Crippen molar-refractivity contribution in [1.29, 1.82) is 0 Å². The Kier molecular flexibility index (Phi) is 5.28. The van der Waals surface area contributed by atoms with E-state index in [1.54, 1.807) is 0 Å². The molecule has 1 aromatic rings. The molecule has 1 heterocycles. The second-order valence-corrected chi connectivity index (χ2v) is 8.09. The van der Waals surface area contributed by atoms with Gasteiger partial charge in [0.25, 0.3) is 0 Å². The lowest BCUT2D eigenvalue weighted by Crippen LogP contribution is -2.34. The lowest BCUT2D eigenvalue weighted by molar-refractivity contribution is 0.0896. The summed E-state index contributed by atoms with van der Waals surface area (Å²) in [6.45, 7) is 9.77. The Bertz CT molecular complexity index is 444. The van der Waals surface area contributed by atoms with Gasteiger partial charge in [-0.2, -0.15) is 11.8 Å². The number of carbonyl (C=O) groups excluding carboxylic acids is 1. The maximum atomic E-state index is 12.4. The van der Waals surface area contributed by atoms with Crippen LogP contribution in [0.25, 0.3) is 0 Å². The van der Waals surface area contributed by atoms with Crippen LogP contribution in [0.4, 0.5) is 0 Å². The minimum Gasteiger partial charge on any atom is -0.302 e. The summed E-state index contributed by atoms with van der Waals surface area (Å²) in [6.07, 6.45) is 1.20. The van der Waals surface area contributed by atoms with Gasteiger partial charge in [0.05, 0.1) is 0 Å². The van der Waals surface area contributed by atoms with E-state index in [0.29, 0.717) is 4.75 Å². The van der Waals surface area contributed by atoms with E-state index in [4.69, 9.17) is 0 Å². The summed E-state index contributed by atoms with van der Waals surface area (Å²) >= 11 is 2.05. The fourth-order valence-corrected chi connectivity index (χ4v) is 3.74. The standard InChI is InChI=1S/C17H25NOS/c1-14(16(19)15-7-5-4-6-8-15)13-18-10-9-17(2,3)20-12-11-18/h4-8,14H,9-13H2,1-3H3. The minimum absolute atomic E-state index is 0.0728. The number of benzene rings is 1. The third-order valence-corrected chi connectivity index (χ3v) is 5.34. The first kappa shape index (κ1) is 15.6. The van der Waals surface area contributed by atoms with Crippen molar-refractivity contribution in [1.82, 2.24) is 4.90 Å². The van der Waals surface area contributed by atoms with Crippen LogP contribution < -0.4 is 0 Å². The highest BCUT2D eigenvalue weighted by Crippen LogP contribution is 2.30. The molecule has 1 aliphatic heterocycles. The zero-order chi connectivity index (χ0) is 14.6. The largest absolute Gasteiger partial charge is 0.302 e. The van der Waals surface area contributed by atoms with Crippen molar-refractivity contribution < 1.29 is 4.79 Å². The Morgan fingerprint density at radius 3 is 2.70 bits per heavy atom. The molecule has 20 heavy (non-hydrogen) atoms. The molecule has 0 aromatic heterocycles. The molecular formula is C17H25NOS. The quantitative estimate of drug-likeness (QED) is 0.789. The first-order valence-electron chi connectivity index (χ1n) is 7.43. The summed E-state index contributed by atoms with van der Waals surface area (Å²) < 4.78 is 0.376. The maximum Gasteiger partial charge on any atom is 0.166 e. The first-order chi connectivity index (χ1) is 9.48. The highest BCUT2D eigenvalue weighted by molar-refractivity contribution is 8.00. The van der Waals surface area contributed by atoms with Crippen LogP contribution in [0.1, 0.15) is 37.6 Å². The summed E-state index contributed by atoms with van der Waals surface area (Å²) in [6, 6.07) is 9.66. The summed E-state index contributed by atoms with van der Waals surface area (Å²) in [5.41, 5.74) is 0.838. The van der Waals surface area contributed by atoms with Gasteiger partial charge in [-0.15, -0.1) is 0 Å². The molecule has 1 unspecified atom stereocenters. The summed E-state index contributed by atoms with van der Waals surface area (Å²) in [4.78, 5) is 14.9. The molecule has 110 valence electrons. The van der Waals surface area contributed by atoms with Crippen LogP contribution in [0.2, 0.25) is 0 Å². The topological polar surface area (TPSA) is 20.3 Å². The molecule has 0 bridgehead atoms. The van der Waals surface area contributed by atoms with Gasteiger partial charge in [-0.05, 0) is 13.0 Å². The molecule has 0 N–H and O–H groups in total. The van der Waals surface area contributed by atoms with Gasteiger partial charge in [-0.25, -0.2) is 0 Å². The van der Waals surface area contributed by atoms with E-state index >= 15 is 0 Å². The number of hydrogen-bond donors (Lipinski definition) is 0. The van der Waals surface area contributed by atoms with E-state index < -0.39 is 0 Å². The molecule has 3 heteroatoms. The molecule has 2 rings (SSSR count). The van der Waals surface area contributed by atoms with Gasteiger partial charge in [-0.3, -0.25) is 4.79 Å². The van der Waals surface area contributed by atoms with Gasteiger partial charge in [-0.1, -0.05) is 51.1 Å². The van der Waals surface area contributed by atoms with E-state index in [1.807, 2.05) is 30.3 Å². The van der Waals surface area contributed by atoms with Crippen molar-refractivity contribution in [2.75, 3.05) is 25.4 Å². The predicted octanol–water partition coefficient (Wildman–Crippen LogP) is 3.72. The second-order valence-electron chi connectivity index (χ2n) is 6.29. The van der Waals surface area contributed by atoms with E-state index in [-0.39, 0.29) is 11.7 Å². The third kappa shape index (κ3) is 4.35. The Hall–Kier alpha value is -0.800. The van der Waals surface area contributed by atoms with Crippen molar-refractivity contribution >= 4 is 17.5 Å².